The highest BCUT2D eigenvalue weighted by atomic mass is 32.1. The van der Waals surface area contributed by atoms with Gasteiger partial charge in [-0.1, -0.05) is 6.07 Å². The lowest BCUT2D eigenvalue weighted by Crippen LogP contribution is -2.02. The Hall–Kier alpha value is -2.67. The zero-order chi connectivity index (χ0) is 16.0. The van der Waals surface area contributed by atoms with Crippen molar-refractivity contribution in [3.8, 4) is 0 Å². The number of imidazole rings is 1. The van der Waals surface area contributed by atoms with Crippen LogP contribution in [0.5, 0.6) is 0 Å². The summed E-state index contributed by atoms with van der Waals surface area (Å²) in [6, 6.07) is 5.85. The zero-order valence-corrected chi connectivity index (χ0v) is 13.5. The van der Waals surface area contributed by atoms with Crippen molar-refractivity contribution in [3.63, 3.8) is 0 Å². The molecule has 0 aliphatic rings. The molecule has 116 valence electrons. The summed E-state index contributed by atoms with van der Waals surface area (Å²) in [5, 5.41) is 4.47. The van der Waals surface area contributed by atoms with E-state index >= 15 is 0 Å². The van der Waals surface area contributed by atoms with Crippen LogP contribution in [0.1, 0.15) is 16.0 Å². The highest BCUT2D eigenvalue weighted by molar-refractivity contribution is 7.18. The first-order valence-corrected chi connectivity index (χ1v) is 8.09. The topological polar surface area (TPSA) is 86.5 Å². The summed E-state index contributed by atoms with van der Waals surface area (Å²) in [7, 11) is 0. The second-order valence-corrected chi connectivity index (χ2v) is 6.70. The van der Waals surface area contributed by atoms with E-state index in [4.69, 9.17) is 0 Å². The molecule has 3 N–H and O–H groups in total. The van der Waals surface area contributed by atoms with Gasteiger partial charge in [-0.25, -0.2) is 14.8 Å². The normalized spacial score (nSPS) is 11.4. The summed E-state index contributed by atoms with van der Waals surface area (Å²) in [6.07, 6.45) is 1.59. The van der Waals surface area contributed by atoms with Crippen molar-refractivity contribution in [2.24, 2.45) is 0 Å². The van der Waals surface area contributed by atoms with E-state index in [0.29, 0.717) is 6.54 Å². The van der Waals surface area contributed by atoms with E-state index in [1.165, 1.54) is 10.4 Å². The Labute approximate surface area is 135 Å². The molecule has 4 rings (SSSR count). The van der Waals surface area contributed by atoms with Crippen LogP contribution >= 0.6 is 11.3 Å². The number of hydrogen-bond donors (Lipinski definition) is 3. The predicted molar refractivity (Wildman–Crippen MR) is 93.1 cm³/mol. The molecule has 0 aliphatic heterocycles. The molecule has 0 saturated heterocycles. The number of aromatic amines is 2. The largest absolute Gasteiger partial charge is 0.365 e. The van der Waals surface area contributed by atoms with E-state index in [2.05, 4.69) is 39.1 Å². The number of nitrogens with one attached hydrogen (secondary N) is 3. The van der Waals surface area contributed by atoms with Gasteiger partial charge in [-0.2, -0.15) is 0 Å². The maximum Gasteiger partial charge on any atom is 0.323 e. The smallest absolute Gasteiger partial charge is 0.323 e. The van der Waals surface area contributed by atoms with Gasteiger partial charge in [0.1, 0.15) is 17.0 Å². The highest BCUT2D eigenvalue weighted by Crippen LogP contribution is 2.32. The van der Waals surface area contributed by atoms with Crippen molar-refractivity contribution in [2.75, 3.05) is 5.32 Å². The Bertz CT molecular complexity index is 1080. The van der Waals surface area contributed by atoms with Crippen LogP contribution in [0, 0.1) is 13.8 Å². The molecular formula is C16H15N5OS. The van der Waals surface area contributed by atoms with Crippen molar-refractivity contribution in [1.29, 1.82) is 0 Å². The summed E-state index contributed by atoms with van der Waals surface area (Å²) in [5.41, 5.74) is 3.73. The molecule has 0 aliphatic carbocycles. The number of benzene rings is 1. The summed E-state index contributed by atoms with van der Waals surface area (Å²) >= 11 is 1.68. The number of H-pyrrole nitrogens is 2. The lowest BCUT2D eigenvalue weighted by Gasteiger charge is -2.07. The molecule has 3 aromatic heterocycles. The van der Waals surface area contributed by atoms with Crippen LogP contribution in [0.2, 0.25) is 0 Å². The zero-order valence-electron chi connectivity index (χ0n) is 12.7. The van der Waals surface area contributed by atoms with Crippen LogP contribution < -0.4 is 11.0 Å². The molecule has 6 nitrogen and oxygen atoms in total. The van der Waals surface area contributed by atoms with Crippen LogP contribution in [0.15, 0.2) is 29.3 Å². The average Bonchev–Trinajstić information content (AvgIpc) is 3.04. The first kappa shape index (κ1) is 14.0. The molecule has 0 bridgehead atoms. The van der Waals surface area contributed by atoms with E-state index in [-0.39, 0.29) is 5.69 Å². The second-order valence-electron chi connectivity index (χ2n) is 5.50. The second kappa shape index (κ2) is 5.20. The Balaban J connectivity index is 1.66. The van der Waals surface area contributed by atoms with Gasteiger partial charge in [-0.05, 0) is 37.1 Å². The number of rotatable bonds is 3. The summed E-state index contributed by atoms with van der Waals surface area (Å²) in [5.74, 6) is 0.847. The fourth-order valence-electron chi connectivity index (χ4n) is 2.69. The lowest BCUT2D eigenvalue weighted by atomic mass is 10.2. The van der Waals surface area contributed by atoms with Crippen LogP contribution in [0.4, 0.5) is 5.82 Å². The molecule has 23 heavy (non-hydrogen) atoms. The van der Waals surface area contributed by atoms with Crippen molar-refractivity contribution in [3.05, 3.63) is 51.0 Å². The van der Waals surface area contributed by atoms with Crippen LogP contribution in [0.25, 0.3) is 21.3 Å². The third-order valence-corrected chi connectivity index (χ3v) is 5.12. The Kier molecular flexibility index (Phi) is 3.16. The number of nitrogens with zero attached hydrogens (tertiary/aromatic N) is 2. The van der Waals surface area contributed by atoms with Crippen molar-refractivity contribution in [2.45, 2.75) is 20.4 Å². The van der Waals surface area contributed by atoms with Gasteiger partial charge in [0, 0.05) is 11.4 Å². The third-order valence-electron chi connectivity index (χ3n) is 4.01. The van der Waals surface area contributed by atoms with Gasteiger partial charge in [0.15, 0.2) is 0 Å². The van der Waals surface area contributed by atoms with Crippen molar-refractivity contribution in [1.82, 2.24) is 19.9 Å². The monoisotopic (exact) mass is 325 g/mol. The van der Waals surface area contributed by atoms with Gasteiger partial charge in [0.2, 0.25) is 0 Å². The number of anilines is 1. The average molecular weight is 325 g/mol. The fraction of sp³-hybridized carbons (Fsp3) is 0.188. The maximum absolute atomic E-state index is 11.3. The van der Waals surface area contributed by atoms with Gasteiger partial charge in [0.25, 0.3) is 0 Å². The number of aromatic nitrogens is 4. The van der Waals surface area contributed by atoms with Gasteiger partial charge in [0.05, 0.1) is 16.4 Å². The molecule has 1 aromatic carbocycles. The maximum atomic E-state index is 11.3. The standard InChI is InChI=1S/C16H15N5OS/c1-8-9(2)23-15-13(8)14(18-7-19-15)17-6-10-3-4-11-12(5-10)21-16(22)20-11/h3-5,7H,6H2,1-2H3,(H,17,18,19)(H2,20,21,22). The number of aryl methyl sites for hydroxylation is 2. The Morgan fingerprint density at radius 1 is 1.17 bits per heavy atom. The predicted octanol–water partition coefficient (Wildman–Crippen LogP) is 3.09. The molecule has 0 fully saturated rings. The van der Waals surface area contributed by atoms with E-state index in [9.17, 15) is 4.79 Å². The molecule has 0 atom stereocenters. The van der Waals surface area contributed by atoms with Crippen molar-refractivity contribution < 1.29 is 0 Å². The number of fused-ring (bicyclic) bond motifs is 2. The van der Waals surface area contributed by atoms with E-state index < -0.39 is 0 Å². The molecule has 0 amide bonds. The molecule has 0 spiro atoms. The molecule has 0 unspecified atom stereocenters. The highest BCUT2D eigenvalue weighted by Gasteiger charge is 2.11. The van der Waals surface area contributed by atoms with E-state index in [0.717, 1.165) is 32.6 Å². The van der Waals surface area contributed by atoms with Crippen molar-refractivity contribution >= 4 is 38.4 Å². The first-order chi connectivity index (χ1) is 11.1. The quantitative estimate of drug-likeness (QED) is 0.540. The van der Waals surface area contributed by atoms with Crippen LogP contribution in [0.3, 0.4) is 0 Å². The number of thiophene rings is 1. The Morgan fingerprint density at radius 3 is 2.87 bits per heavy atom. The van der Waals surface area contributed by atoms with Gasteiger partial charge in [-0.3, -0.25) is 0 Å². The Morgan fingerprint density at radius 2 is 2.00 bits per heavy atom. The van der Waals surface area contributed by atoms with Gasteiger partial charge in [-0.15, -0.1) is 11.3 Å². The van der Waals surface area contributed by atoms with Gasteiger partial charge < -0.3 is 15.3 Å². The SMILES string of the molecule is Cc1sc2ncnc(NCc3ccc4[nH]c(=O)[nH]c4c3)c2c1C. The van der Waals surface area contributed by atoms with Gasteiger partial charge >= 0.3 is 5.69 Å². The molecule has 3 heterocycles. The lowest BCUT2D eigenvalue weighted by molar-refractivity contribution is 1.11. The summed E-state index contributed by atoms with van der Waals surface area (Å²) in [4.78, 5) is 27.8. The molecule has 0 saturated carbocycles. The first-order valence-electron chi connectivity index (χ1n) is 7.27. The summed E-state index contributed by atoms with van der Waals surface area (Å²) in [6.45, 7) is 4.82. The van der Waals surface area contributed by atoms with Crippen LogP contribution in [-0.4, -0.2) is 19.9 Å². The molecular weight excluding hydrogens is 310 g/mol. The molecule has 0 radical (unpaired) electrons. The van der Waals surface area contributed by atoms with E-state index in [1.54, 1.807) is 17.7 Å². The summed E-state index contributed by atoms with van der Waals surface area (Å²) < 4.78 is 0. The molecule has 4 aromatic rings. The van der Waals surface area contributed by atoms with E-state index in [1.807, 2.05) is 18.2 Å². The minimum absolute atomic E-state index is 0.188. The number of hydrogen-bond acceptors (Lipinski definition) is 5. The minimum atomic E-state index is -0.188. The third kappa shape index (κ3) is 2.39. The molecule has 7 heteroatoms. The minimum Gasteiger partial charge on any atom is -0.365 e. The van der Waals surface area contributed by atoms with Crippen LogP contribution in [-0.2, 0) is 6.54 Å². The fourth-order valence-corrected chi connectivity index (χ4v) is 3.69.